The molecule has 1 aromatic carbocycles. The van der Waals surface area contributed by atoms with Crippen molar-refractivity contribution in [3.63, 3.8) is 0 Å². The minimum Gasteiger partial charge on any atom is -0.454 e. The van der Waals surface area contributed by atoms with Crippen molar-refractivity contribution in [2.75, 3.05) is 11.9 Å². The fourth-order valence-electron chi connectivity index (χ4n) is 1.60. The zero-order valence-corrected chi connectivity index (χ0v) is 11.5. The van der Waals surface area contributed by atoms with Gasteiger partial charge in [0, 0.05) is 5.69 Å². The highest BCUT2D eigenvalue weighted by atomic mass is 16.5. The number of anilines is 1. The van der Waals surface area contributed by atoms with Crippen LogP contribution in [0.15, 0.2) is 30.6 Å². The molecule has 2 aromatic rings. The molecule has 2 rings (SSSR count). The topological polar surface area (TPSA) is 99.0 Å². The second-order valence-corrected chi connectivity index (χ2v) is 4.27. The molecule has 0 aliphatic rings. The second kappa shape index (κ2) is 7.13. The van der Waals surface area contributed by atoms with Gasteiger partial charge in [0.2, 0.25) is 0 Å². The van der Waals surface area contributed by atoms with E-state index >= 15 is 0 Å². The van der Waals surface area contributed by atoms with E-state index in [2.05, 4.69) is 27.8 Å². The SMILES string of the molecule is CCc1ccc(NC(=O)COC(=O)Cn2cnnn2)cc1. The summed E-state index contributed by atoms with van der Waals surface area (Å²) in [6.07, 6.45) is 2.22. The quantitative estimate of drug-likeness (QED) is 0.774. The van der Waals surface area contributed by atoms with Gasteiger partial charge in [0.15, 0.2) is 6.61 Å². The Bertz CT molecular complexity index is 595. The van der Waals surface area contributed by atoms with E-state index in [9.17, 15) is 9.59 Å². The number of nitrogens with zero attached hydrogens (tertiary/aromatic N) is 4. The fourth-order valence-corrected chi connectivity index (χ4v) is 1.60. The summed E-state index contributed by atoms with van der Waals surface area (Å²) in [6, 6.07) is 7.47. The summed E-state index contributed by atoms with van der Waals surface area (Å²) in [4.78, 5) is 23.1. The Morgan fingerprint density at radius 2 is 2.05 bits per heavy atom. The first-order chi connectivity index (χ1) is 10.2. The number of hydrogen-bond acceptors (Lipinski definition) is 6. The van der Waals surface area contributed by atoms with Crippen LogP contribution < -0.4 is 5.32 Å². The highest BCUT2D eigenvalue weighted by Gasteiger charge is 2.09. The molecule has 0 fully saturated rings. The number of carbonyl (C=O) groups excluding carboxylic acids is 2. The van der Waals surface area contributed by atoms with Gasteiger partial charge in [0.1, 0.15) is 12.9 Å². The van der Waals surface area contributed by atoms with Crippen LogP contribution in [0, 0.1) is 0 Å². The van der Waals surface area contributed by atoms with Crippen LogP contribution in [-0.2, 0) is 27.3 Å². The van der Waals surface area contributed by atoms with Crippen molar-refractivity contribution in [3.05, 3.63) is 36.2 Å². The van der Waals surface area contributed by atoms with Crippen LogP contribution in [0.3, 0.4) is 0 Å². The lowest BCUT2D eigenvalue weighted by Gasteiger charge is -2.07. The van der Waals surface area contributed by atoms with Gasteiger partial charge in [0.25, 0.3) is 5.91 Å². The Morgan fingerprint density at radius 3 is 2.67 bits per heavy atom. The number of nitrogens with one attached hydrogen (secondary N) is 1. The third kappa shape index (κ3) is 4.68. The molecule has 1 heterocycles. The summed E-state index contributed by atoms with van der Waals surface area (Å²) < 4.78 is 6.04. The zero-order chi connectivity index (χ0) is 15.1. The molecule has 0 saturated carbocycles. The maximum atomic E-state index is 11.6. The van der Waals surface area contributed by atoms with Gasteiger partial charge in [-0.3, -0.25) is 9.59 Å². The van der Waals surface area contributed by atoms with Crippen LogP contribution in [-0.4, -0.2) is 38.7 Å². The van der Waals surface area contributed by atoms with Crippen molar-refractivity contribution in [2.24, 2.45) is 0 Å². The zero-order valence-electron chi connectivity index (χ0n) is 11.5. The van der Waals surface area contributed by atoms with Crippen LogP contribution in [0.1, 0.15) is 12.5 Å². The molecule has 0 radical (unpaired) electrons. The van der Waals surface area contributed by atoms with Crippen molar-refractivity contribution in [1.82, 2.24) is 20.2 Å². The van der Waals surface area contributed by atoms with Crippen LogP contribution >= 0.6 is 0 Å². The maximum Gasteiger partial charge on any atom is 0.328 e. The summed E-state index contributed by atoms with van der Waals surface area (Å²) in [5, 5.41) is 12.9. The van der Waals surface area contributed by atoms with Crippen molar-refractivity contribution in [3.8, 4) is 0 Å². The van der Waals surface area contributed by atoms with Crippen molar-refractivity contribution in [1.29, 1.82) is 0 Å². The Morgan fingerprint density at radius 1 is 1.29 bits per heavy atom. The molecule has 110 valence electrons. The van der Waals surface area contributed by atoms with E-state index in [0.717, 1.165) is 6.42 Å². The average Bonchev–Trinajstić information content (AvgIpc) is 2.99. The summed E-state index contributed by atoms with van der Waals surface area (Å²) >= 11 is 0. The third-order valence-electron chi connectivity index (χ3n) is 2.69. The first-order valence-corrected chi connectivity index (χ1v) is 6.42. The van der Waals surface area contributed by atoms with E-state index in [-0.39, 0.29) is 13.2 Å². The Hall–Kier alpha value is -2.77. The van der Waals surface area contributed by atoms with Crippen LogP contribution in [0.2, 0.25) is 0 Å². The highest BCUT2D eigenvalue weighted by Crippen LogP contribution is 2.09. The van der Waals surface area contributed by atoms with Crippen LogP contribution in [0.5, 0.6) is 0 Å². The predicted molar refractivity (Wildman–Crippen MR) is 73.2 cm³/mol. The van der Waals surface area contributed by atoms with Gasteiger partial charge < -0.3 is 10.1 Å². The lowest BCUT2D eigenvalue weighted by molar-refractivity contribution is -0.148. The minimum absolute atomic E-state index is 0.133. The van der Waals surface area contributed by atoms with Gasteiger partial charge in [-0.15, -0.1) is 5.10 Å². The molecule has 0 saturated heterocycles. The molecule has 0 unspecified atom stereocenters. The number of rotatable bonds is 6. The monoisotopic (exact) mass is 289 g/mol. The van der Waals surface area contributed by atoms with E-state index in [1.54, 1.807) is 12.1 Å². The molecule has 1 aromatic heterocycles. The predicted octanol–water partition coefficient (Wildman–Crippen LogP) is 0.417. The number of esters is 1. The maximum absolute atomic E-state index is 11.6. The minimum atomic E-state index is -0.584. The average molecular weight is 289 g/mol. The van der Waals surface area contributed by atoms with Gasteiger partial charge >= 0.3 is 5.97 Å². The summed E-state index contributed by atoms with van der Waals surface area (Å²) in [7, 11) is 0. The molecule has 0 atom stereocenters. The number of ether oxygens (including phenoxy) is 1. The van der Waals surface area contributed by atoms with Crippen molar-refractivity contribution >= 4 is 17.6 Å². The molecule has 8 heteroatoms. The standard InChI is InChI=1S/C13H15N5O3/c1-2-10-3-5-11(6-4-10)15-12(19)8-21-13(20)7-18-9-14-16-17-18/h3-6,9H,2,7-8H2,1H3,(H,15,19). The first-order valence-electron chi connectivity index (χ1n) is 6.42. The molecular weight excluding hydrogens is 274 g/mol. The highest BCUT2D eigenvalue weighted by molar-refractivity contribution is 5.92. The Kier molecular flexibility index (Phi) is 4.97. The molecule has 1 amide bonds. The van der Waals surface area contributed by atoms with E-state index < -0.39 is 11.9 Å². The van der Waals surface area contributed by atoms with Gasteiger partial charge in [0.05, 0.1) is 0 Å². The van der Waals surface area contributed by atoms with Crippen LogP contribution in [0.4, 0.5) is 5.69 Å². The molecule has 8 nitrogen and oxygen atoms in total. The van der Waals surface area contributed by atoms with Gasteiger partial charge in [-0.1, -0.05) is 19.1 Å². The summed E-state index contributed by atoms with van der Waals surface area (Å²) in [5.41, 5.74) is 1.84. The smallest absolute Gasteiger partial charge is 0.328 e. The first kappa shape index (κ1) is 14.6. The van der Waals surface area contributed by atoms with E-state index in [1.165, 1.54) is 16.6 Å². The number of hydrogen-bond donors (Lipinski definition) is 1. The second-order valence-electron chi connectivity index (χ2n) is 4.27. The van der Waals surface area contributed by atoms with E-state index in [0.29, 0.717) is 5.69 Å². The number of amides is 1. The molecule has 0 aliphatic carbocycles. The summed E-state index contributed by atoms with van der Waals surface area (Å²) in [6.45, 7) is 1.57. The Labute approximate surface area is 121 Å². The van der Waals surface area contributed by atoms with Gasteiger partial charge in [-0.25, -0.2) is 4.68 Å². The lowest BCUT2D eigenvalue weighted by atomic mass is 10.1. The fraction of sp³-hybridized carbons (Fsp3) is 0.308. The number of tetrazole rings is 1. The molecule has 0 spiro atoms. The summed E-state index contributed by atoms with van der Waals surface area (Å²) in [5.74, 6) is -0.983. The number of aromatic nitrogens is 4. The number of carbonyl (C=O) groups is 2. The number of aryl methyl sites for hydroxylation is 1. The lowest BCUT2D eigenvalue weighted by Crippen LogP contribution is -2.23. The Balaban J connectivity index is 1.75. The molecular formula is C13H15N5O3. The molecule has 0 aliphatic heterocycles. The molecule has 0 bridgehead atoms. The third-order valence-corrected chi connectivity index (χ3v) is 2.69. The van der Waals surface area contributed by atoms with E-state index in [1.807, 2.05) is 12.1 Å². The van der Waals surface area contributed by atoms with E-state index in [4.69, 9.17) is 4.74 Å². The largest absolute Gasteiger partial charge is 0.454 e. The molecule has 1 N–H and O–H groups in total. The van der Waals surface area contributed by atoms with Gasteiger partial charge in [-0.05, 0) is 34.5 Å². The molecule has 21 heavy (non-hydrogen) atoms. The van der Waals surface area contributed by atoms with Gasteiger partial charge in [-0.2, -0.15) is 0 Å². The van der Waals surface area contributed by atoms with Crippen molar-refractivity contribution in [2.45, 2.75) is 19.9 Å². The number of benzene rings is 1. The normalized spacial score (nSPS) is 10.1. The van der Waals surface area contributed by atoms with Crippen molar-refractivity contribution < 1.29 is 14.3 Å². The van der Waals surface area contributed by atoms with Crippen LogP contribution in [0.25, 0.3) is 0 Å².